The predicted octanol–water partition coefficient (Wildman–Crippen LogP) is 11.1. The standard InChI is InChI=1S/C41H82NO7P/c1-6-8-10-12-14-16-18-20-22-24-26-28-30-33-40(43)47-37-39(49-50(45,46)36-32-35-42(3,4)5)38-48-41(44)34-31-29-27-25-23-21-19-17-15-13-11-9-7-2/h39H,6-38H2,1-5H3. The summed E-state index contributed by atoms with van der Waals surface area (Å²) >= 11 is 0. The van der Waals surface area contributed by atoms with E-state index in [1.165, 1.54) is 128 Å². The fraction of sp³-hybridized carbons (Fsp3) is 0.951. The molecule has 0 saturated carbocycles. The van der Waals surface area contributed by atoms with Gasteiger partial charge in [-0.05, 0) is 12.8 Å². The highest BCUT2D eigenvalue weighted by atomic mass is 31.2. The quantitative estimate of drug-likeness (QED) is 0.0269. The minimum absolute atomic E-state index is 0.112. The molecule has 0 bridgehead atoms. The fourth-order valence-electron chi connectivity index (χ4n) is 6.22. The Kier molecular flexibility index (Phi) is 33.2. The van der Waals surface area contributed by atoms with Crippen LogP contribution in [0.3, 0.4) is 0 Å². The highest BCUT2D eigenvalue weighted by molar-refractivity contribution is 7.51. The lowest BCUT2D eigenvalue weighted by atomic mass is 10.0. The number of unbranched alkanes of at least 4 members (excludes halogenated alkanes) is 24. The summed E-state index contributed by atoms with van der Waals surface area (Å²) in [5.74, 6) is -0.739. The highest BCUT2D eigenvalue weighted by Crippen LogP contribution is 2.39. The van der Waals surface area contributed by atoms with Gasteiger partial charge in [0.2, 0.25) is 0 Å². The first kappa shape index (κ1) is 49.0. The first-order valence-corrected chi connectivity index (χ1v) is 22.8. The van der Waals surface area contributed by atoms with Crippen LogP contribution in [0.4, 0.5) is 0 Å². The Bertz CT molecular complexity index is 786. The molecule has 50 heavy (non-hydrogen) atoms. The van der Waals surface area contributed by atoms with Gasteiger partial charge in [0.05, 0.1) is 27.7 Å². The third-order valence-electron chi connectivity index (χ3n) is 9.40. The highest BCUT2D eigenvalue weighted by Gasteiger charge is 2.22. The molecule has 1 atom stereocenters. The Balaban J connectivity index is 4.33. The van der Waals surface area contributed by atoms with E-state index in [0.717, 1.165) is 38.5 Å². The molecule has 298 valence electrons. The molecule has 0 amide bonds. The van der Waals surface area contributed by atoms with Crippen molar-refractivity contribution in [2.45, 2.75) is 206 Å². The smallest absolute Gasteiger partial charge is 0.305 e. The zero-order valence-corrected chi connectivity index (χ0v) is 34.6. The SMILES string of the molecule is CCCCCCCCCCCCCCCC(=O)OCC(COC(=O)CCCCCCCCCCCCCCC)OP(=O)([O-])CCC[N+](C)(C)C. The van der Waals surface area contributed by atoms with Crippen LogP contribution < -0.4 is 4.89 Å². The first-order valence-electron chi connectivity index (χ1n) is 21.1. The van der Waals surface area contributed by atoms with Crippen molar-refractivity contribution in [1.29, 1.82) is 0 Å². The van der Waals surface area contributed by atoms with Crippen molar-refractivity contribution < 1.29 is 37.5 Å². The normalized spacial score (nSPS) is 13.1. The van der Waals surface area contributed by atoms with Gasteiger partial charge in [-0.3, -0.25) is 9.59 Å². The van der Waals surface area contributed by atoms with Gasteiger partial charge in [0, 0.05) is 25.4 Å². The van der Waals surface area contributed by atoms with Crippen molar-refractivity contribution in [2.24, 2.45) is 0 Å². The van der Waals surface area contributed by atoms with Crippen molar-refractivity contribution >= 4 is 19.5 Å². The van der Waals surface area contributed by atoms with E-state index in [-0.39, 0.29) is 31.3 Å². The Hall–Kier alpha value is -0.950. The van der Waals surface area contributed by atoms with Crippen LogP contribution in [-0.4, -0.2) is 69.6 Å². The van der Waals surface area contributed by atoms with E-state index in [0.29, 0.717) is 30.3 Å². The van der Waals surface area contributed by atoms with Gasteiger partial charge in [0.15, 0.2) is 0 Å². The topological polar surface area (TPSA) is 102 Å². The van der Waals surface area contributed by atoms with Crippen LogP contribution in [0.5, 0.6) is 0 Å². The van der Waals surface area contributed by atoms with Crippen LogP contribution in [0.15, 0.2) is 0 Å². The number of nitrogens with zero attached hydrogens (tertiary/aromatic N) is 1. The molecule has 0 heterocycles. The van der Waals surface area contributed by atoms with E-state index in [9.17, 15) is 19.0 Å². The van der Waals surface area contributed by atoms with E-state index >= 15 is 0 Å². The van der Waals surface area contributed by atoms with Gasteiger partial charge in [0.25, 0.3) is 0 Å². The molecule has 0 aliphatic rings. The van der Waals surface area contributed by atoms with Crippen molar-refractivity contribution in [3.8, 4) is 0 Å². The summed E-state index contributed by atoms with van der Waals surface area (Å²) in [6.45, 7) is 4.70. The summed E-state index contributed by atoms with van der Waals surface area (Å²) in [5, 5.41) is 0. The van der Waals surface area contributed by atoms with Crippen LogP contribution in [0, 0.1) is 0 Å². The van der Waals surface area contributed by atoms with Gasteiger partial charge >= 0.3 is 11.9 Å². The predicted molar refractivity (Wildman–Crippen MR) is 207 cm³/mol. The number of quaternary nitrogens is 1. The Morgan fingerprint density at radius 2 is 0.820 bits per heavy atom. The number of carbonyl (C=O) groups excluding carboxylic acids is 2. The summed E-state index contributed by atoms with van der Waals surface area (Å²) in [7, 11) is 1.82. The number of carbonyl (C=O) groups is 2. The number of hydrogen-bond acceptors (Lipinski definition) is 7. The molecule has 8 nitrogen and oxygen atoms in total. The third-order valence-corrected chi connectivity index (χ3v) is 10.9. The largest absolute Gasteiger partial charge is 0.778 e. The second kappa shape index (κ2) is 33.9. The summed E-state index contributed by atoms with van der Waals surface area (Å²) in [5.41, 5.74) is 0. The van der Waals surface area contributed by atoms with E-state index in [1.807, 2.05) is 21.1 Å². The number of rotatable bonds is 38. The van der Waals surface area contributed by atoms with Crippen molar-refractivity contribution in [2.75, 3.05) is 47.1 Å². The van der Waals surface area contributed by atoms with Crippen LogP contribution in [0.1, 0.15) is 200 Å². The number of ether oxygens (including phenoxy) is 2. The molecule has 0 fully saturated rings. The number of esters is 2. The fourth-order valence-corrected chi connectivity index (χ4v) is 7.43. The molecule has 0 N–H and O–H groups in total. The molecule has 0 aromatic heterocycles. The van der Waals surface area contributed by atoms with E-state index in [4.69, 9.17) is 14.0 Å². The maximum Gasteiger partial charge on any atom is 0.305 e. The Morgan fingerprint density at radius 3 is 1.12 bits per heavy atom. The van der Waals surface area contributed by atoms with Gasteiger partial charge in [-0.1, -0.05) is 168 Å². The molecule has 0 saturated heterocycles. The third kappa shape index (κ3) is 36.8. The van der Waals surface area contributed by atoms with Crippen LogP contribution in [0.25, 0.3) is 0 Å². The van der Waals surface area contributed by atoms with Gasteiger partial charge < -0.3 is 27.9 Å². The lowest BCUT2D eigenvalue weighted by Crippen LogP contribution is -2.36. The molecule has 0 aromatic rings. The van der Waals surface area contributed by atoms with Crippen molar-refractivity contribution in [3.63, 3.8) is 0 Å². The van der Waals surface area contributed by atoms with Crippen molar-refractivity contribution in [1.82, 2.24) is 0 Å². The minimum Gasteiger partial charge on any atom is -0.778 e. The second-order valence-electron chi connectivity index (χ2n) is 15.8. The molecule has 0 aromatic carbocycles. The average molecular weight is 732 g/mol. The zero-order valence-electron chi connectivity index (χ0n) is 33.7. The van der Waals surface area contributed by atoms with E-state index < -0.39 is 13.7 Å². The Morgan fingerprint density at radius 1 is 0.520 bits per heavy atom. The maximum absolute atomic E-state index is 12.8. The van der Waals surface area contributed by atoms with Gasteiger partial charge in [-0.2, -0.15) is 0 Å². The second-order valence-corrected chi connectivity index (χ2v) is 17.7. The molecular weight excluding hydrogens is 649 g/mol. The lowest BCUT2D eigenvalue weighted by Gasteiger charge is -2.30. The minimum atomic E-state index is -4.20. The molecule has 0 rings (SSSR count). The van der Waals surface area contributed by atoms with Crippen LogP contribution in [-0.2, 0) is 28.2 Å². The van der Waals surface area contributed by atoms with Crippen LogP contribution >= 0.6 is 7.60 Å². The maximum atomic E-state index is 12.8. The average Bonchev–Trinajstić information content (AvgIpc) is 3.05. The number of hydrogen-bond donors (Lipinski definition) is 0. The molecule has 9 heteroatoms. The summed E-state index contributed by atoms with van der Waals surface area (Å²) in [6.07, 6.45) is 31.9. The molecule has 0 aliphatic carbocycles. The van der Waals surface area contributed by atoms with E-state index in [2.05, 4.69) is 13.8 Å². The van der Waals surface area contributed by atoms with Gasteiger partial charge in [0.1, 0.15) is 26.9 Å². The monoisotopic (exact) mass is 732 g/mol. The first-order chi connectivity index (χ1) is 24.0. The van der Waals surface area contributed by atoms with Crippen molar-refractivity contribution in [3.05, 3.63) is 0 Å². The van der Waals surface area contributed by atoms with E-state index in [1.54, 1.807) is 0 Å². The zero-order chi connectivity index (χ0) is 37.2. The summed E-state index contributed by atoms with van der Waals surface area (Å²) in [6, 6.07) is 0. The molecule has 0 spiro atoms. The summed E-state index contributed by atoms with van der Waals surface area (Å²) < 4.78 is 29.7. The lowest BCUT2D eigenvalue weighted by molar-refractivity contribution is -0.870. The summed E-state index contributed by atoms with van der Waals surface area (Å²) in [4.78, 5) is 37.7. The molecular formula is C41H82NO7P. The molecule has 0 aliphatic heterocycles. The van der Waals surface area contributed by atoms with Gasteiger partial charge in [-0.25, -0.2) is 0 Å². The molecule has 1 unspecified atom stereocenters. The van der Waals surface area contributed by atoms with Gasteiger partial charge in [-0.15, -0.1) is 0 Å². The van der Waals surface area contributed by atoms with Crippen LogP contribution in [0.2, 0.25) is 0 Å². The molecule has 0 radical (unpaired) electrons. The Labute approximate surface area is 309 Å².